The number of nitrogens with zero attached hydrogens (tertiary/aromatic N) is 3. The maximum Gasteiger partial charge on any atom is 0.417 e. The quantitative estimate of drug-likeness (QED) is 0.189. The van der Waals surface area contributed by atoms with Crippen molar-refractivity contribution in [1.29, 1.82) is 0 Å². The van der Waals surface area contributed by atoms with Crippen molar-refractivity contribution in [1.82, 2.24) is 19.3 Å². The third kappa shape index (κ3) is 6.63. The molecule has 1 amide bonds. The van der Waals surface area contributed by atoms with E-state index < -0.39 is 64.5 Å². The van der Waals surface area contributed by atoms with Crippen molar-refractivity contribution in [2.45, 2.75) is 29.3 Å². The van der Waals surface area contributed by atoms with Crippen LogP contribution in [0.25, 0.3) is 16.9 Å². The fourth-order valence-electron chi connectivity index (χ4n) is 3.46. The highest BCUT2D eigenvalue weighted by Crippen LogP contribution is 2.36. The Hall–Kier alpha value is -3.42. The van der Waals surface area contributed by atoms with Crippen LogP contribution >= 0.6 is 22.9 Å². The van der Waals surface area contributed by atoms with Gasteiger partial charge in [-0.2, -0.15) is 23.0 Å². The van der Waals surface area contributed by atoms with Gasteiger partial charge in [-0.25, -0.2) is 31.5 Å². The van der Waals surface area contributed by atoms with Crippen molar-refractivity contribution >= 4 is 50.4 Å². The fourth-order valence-corrected chi connectivity index (χ4v) is 6.49. The first-order chi connectivity index (χ1) is 19.6. The number of alkyl halides is 5. The van der Waals surface area contributed by atoms with Gasteiger partial charge in [-0.05, 0) is 31.2 Å². The Morgan fingerprint density at radius 3 is 2.38 bits per heavy atom. The smallest absolute Gasteiger partial charge is 0.404 e. The van der Waals surface area contributed by atoms with Gasteiger partial charge in [0.1, 0.15) is 14.2 Å². The maximum atomic E-state index is 13.8. The largest absolute Gasteiger partial charge is 0.417 e. The number of fused-ring (bicyclic) bond motifs is 1. The molecule has 4 aromatic rings. The molecule has 4 rings (SSSR count). The zero-order valence-electron chi connectivity index (χ0n) is 21.0. The van der Waals surface area contributed by atoms with Crippen LogP contribution in [0.4, 0.5) is 32.4 Å². The topological polar surface area (TPSA) is 155 Å². The van der Waals surface area contributed by atoms with E-state index >= 15 is 0 Å². The van der Waals surface area contributed by atoms with Crippen molar-refractivity contribution < 1.29 is 50.1 Å². The van der Waals surface area contributed by atoms with Crippen LogP contribution in [0.1, 0.15) is 24.6 Å². The minimum absolute atomic E-state index is 0.0647. The lowest BCUT2D eigenvalue weighted by atomic mass is 10.1. The summed E-state index contributed by atoms with van der Waals surface area (Å²) in [5.74, 6) is -0.411. The van der Waals surface area contributed by atoms with Crippen LogP contribution in [0.5, 0.6) is 5.75 Å². The van der Waals surface area contributed by atoms with Gasteiger partial charge in [0.05, 0.1) is 41.9 Å². The van der Waals surface area contributed by atoms with Gasteiger partial charge in [-0.3, -0.25) is 5.32 Å². The number of aliphatic hydroxyl groups is 2. The fraction of sp³-hybridized carbons (Fsp3) is 0.261. The van der Waals surface area contributed by atoms with Gasteiger partial charge >= 0.3 is 12.3 Å². The molecular weight excluding hydrogens is 637 g/mol. The summed E-state index contributed by atoms with van der Waals surface area (Å²) in [6.45, 7) is -0.190. The molecule has 0 aliphatic rings. The highest BCUT2D eigenvalue weighted by atomic mass is 35.5. The molecular formula is C23H19ClF5N5O6S2. The third-order valence-corrected chi connectivity index (χ3v) is 9.12. The van der Waals surface area contributed by atoms with Gasteiger partial charge in [-0.15, -0.1) is 11.3 Å². The van der Waals surface area contributed by atoms with Crippen molar-refractivity contribution in [2.75, 3.05) is 18.5 Å². The van der Waals surface area contributed by atoms with Crippen LogP contribution in [0.2, 0.25) is 4.34 Å². The molecule has 1 aromatic carbocycles. The van der Waals surface area contributed by atoms with E-state index in [2.05, 4.69) is 20.1 Å². The second kappa shape index (κ2) is 11.7. The number of ether oxygens (including phenoxy) is 1. The van der Waals surface area contributed by atoms with E-state index in [9.17, 15) is 45.4 Å². The third-order valence-electron chi connectivity index (χ3n) is 5.65. The van der Waals surface area contributed by atoms with E-state index in [4.69, 9.17) is 16.3 Å². The minimum Gasteiger partial charge on any atom is -0.404 e. The zero-order valence-corrected chi connectivity index (χ0v) is 23.4. The lowest BCUT2D eigenvalue weighted by molar-refractivity contribution is -0.137. The molecule has 0 bridgehead atoms. The summed E-state index contributed by atoms with van der Waals surface area (Å²) in [6.07, 6.45) is -8.04. The Labute approximate surface area is 242 Å². The summed E-state index contributed by atoms with van der Waals surface area (Å²) in [4.78, 5) is 16.8. The number of aliphatic hydroxyl groups excluding tert-OH is 2. The van der Waals surface area contributed by atoms with Gasteiger partial charge < -0.3 is 14.9 Å². The molecule has 0 fully saturated rings. The number of halogens is 6. The van der Waals surface area contributed by atoms with E-state index in [0.29, 0.717) is 15.9 Å². The number of aromatic nitrogens is 3. The van der Waals surface area contributed by atoms with Crippen molar-refractivity contribution in [2.24, 2.45) is 0 Å². The molecule has 0 atom stereocenters. The molecule has 3 aromatic heterocycles. The normalized spacial score (nSPS) is 12.7. The molecule has 0 aliphatic carbocycles. The SMILES string of the molecule is CC(CO)(CO)NS(=O)(=O)c1cc(NC(=O)Oc2cnn3c(C(F)F)cc(-c4ccc(C(F)(F)F)cc4)nc23)c(Cl)s1. The molecule has 0 saturated carbocycles. The van der Waals surface area contributed by atoms with Crippen LogP contribution in [-0.4, -0.2) is 58.1 Å². The lowest BCUT2D eigenvalue weighted by Gasteiger charge is -2.25. The highest BCUT2D eigenvalue weighted by Gasteiger charge is 2.32. The van der Waals surface area contributed by atoms with E-state index in [1.807, 2.05) is 0 Å². The van der Waals surface area contributed by atoms with Crippen molar-refractivity contribution in [3.05, 3.63) is 58.2 Å². The van der Waals surface area contributed by atoms with E-state index in [1.165, 1.54) is 6.92 Å². The van der Waals surface area contributed by atoms with Crippen molar-refractivity contribution in [3.63, 3.8) is 0 Å². The standard InChI is InChI=1S/C23H19ClF5N5O6S2/c1-22(9-35,10-36)33-42(38,39)17-7-14(18(24)41-17)32-21(37)40-16-8-30-34-15(19(25)26)6-13(31-20(16)34)11-2-4-12(5-3-11)23(27,28)29/h2-8,19,33,35-36H,9-10H2,1H3,(H,32,37). The Morgan fingerprint density at radius 2 is 1.81 bits per heavy atom. The molecule has 3 heterocycles. The summed E-state index contributed by atoms with van der Waals surface area (Å²) in [6, 6.07) is 5.52. The first-order valence-corrected chi connectivity index (χ1v) is 14.1. The predicted molar refractivity (Wildman–Crippen MR) is 140 cm³/mol. The van der Waals surface area contributed by atoms with Gasteiger partial charge in [0.25, 0.3) is 16.4 Å². The molecule has 0 unspecified atom stereocenters. The number of anilines is 1. The summed E-state index contributed by atoms with van der Waals surface area (Å²) < 4.78 is 99.1. The maximum absolute atomic E-state index is 13.8. The predicted octanol–water partition coefficient (Wildman–Crippen LogP) is 4.70. The first-order valence-electron chi connectivity index (χ1n) is 11.5. The number of carbonyl (C=O) groups excluding carboxylic acids is 1. The summed E-state index contributed by atoms with van der Waals surface area (Å²) >= 11 is 6.61. The number of thiophene rings is 1. The highest BCUT2D eigenvalue weighted by molar-refractivity contribution is 7.91. The zero-order chi connectivity index (χ0) is 31.0. The Bertz CT molecular complexity index is 1720. The average molecular weight is 656 g/mol. The molecule has 19 heteroatoms. The van der Waals surface area contributed by atoms with Gasteiger partial charge in [0.2, 0.25) is 0 Å². The molecule has 0 aliphatic heterocycles. The number of rotatable bonds is 9. The van der Waals surface area contributed by atoms with E-state index in [0.717, 1.165) is 42.6 Å². The molecule has 4 N–H and O–H groups in total. The Morgan fingerprint density at radius 1 is 1.17 bits per heavy atom. The average Bonchev–Trinajstić information content (AvgIpc) is 3.50. The number of nitrogens with one attached hydrogen (secondary N) is 2. The second-order valence-corrected chi connectivity index (χ2v) is 12.5. The van der Waals surface area contributed by atoms with Gasteiger partial charge in [0, 0.05) is 5.56 Å². The number of hydrogen-bond donors (Lipinski definition) is 4. The first kappa shape index (κ1) is 31.5. The molecule has 0 saturated heterocycles. The van der Waals surface area contributed by atoms with Crippen LogP contribution < -0.4 is 14.8 Å². The van der Waals surface area contributed by atoms with E-state index in [1.54, 1.807) is 0 Å². The van der Waals surface area contributed by atoms with Gasteiger partial charge in [0.15, 0.2) is 11.4 Å². The monoisotopic (exact) mass is 655 g/mol. The van der Waals surface area contributed by atoms with Crippen LogP contribution in [-0.2, 0) is 16.2 Å². The number of carbonyl (C=O) groups is 1. The minimum atomic E-state index is -4.61. The summed E-state index contributed by atoms with van der Waals surface area (Å²) in [5.41, 5.74) is -3.89. The number of amides is 1. The Balaban J connectivity index is 1.61. The number of benzene rings is 1. The van der Waals surface area contributed by atoms with E-state index in [-0.39, 0.29) is 31.1 Å². The molecule has 0 radical (unpaired) electrons. The van der Waals surface area contributed by atoms with Crippen molar-refractivity contribution in [3.8, 4) is 17.0 Å². The second-order valence-electron chi connectivity index (χ2n) is 8.94. The summed E-state index contributed by atoms with van der Waals surface area (Å²) in [7, 11) is -4.30. The number of hydrogen-bond acceptors (Lipinski definition) is 9. The van der Waals surface area contributed by atoms with Crippen LogP contribution in [0, 0.1) is 0 Å². The molecule has 0 spiro atoms. The van der Waals surface area contributed by atoms with Gasteiger partial charge in [-0.1, -0.05) is 23.7 Å². The molecule has 42 heavy (non-hydrogen) atoms. The summed E-state index contributed by atoms with van der Waals surface area (Å²) in [5, 5.41) is 24.7. The molecule has 11 nitrogen and oxygen atoms in total. The number of sulfonamides is 1. The molecule has 226 valence electrons. The lowest BCUT2D eigenvalue weighted by Crippen LogP contribution is -2.51. The van der Waals surface area contributed by atoms with Crippen LogP contribution in [0.3, 0.4) is 0 Å². The Kier molecular flexibility index (Phi) is 8.77. The van der Waals surface area contributed by atoms with Crippen LogP contribution in [0.15, 0.2) is 46.8 Å².